The molecule has 12 heavy (non-hydrogen) atoms. The molecule has 1 unspecified atom stereocenters. The molecule has 0 fully saturated rings. The van der Waals surface area contributed by atoms with Crippen LogP contribution in [0.2, 0.25) is 0 Å². The number of rotatable bonds is 5. The molecule has 0 saturated heterocycles. The predicted octanol–water partition coefficient (Wildman–Crippen LogP) is 2.07. The Labute approximate surface area is 75.3 Å². The maximum absolute atomic E-state index is 11.2. The molecule has 0 radical (unpaired) electrons. The summed E-state index contributed by atoms with van der Waals surface area (Å²) >= 11 is 0. The van der Waals surface area contributed by atoms with Crippen molar-refractivity contribution in [1.82, 2.24) is 4.90 Å². The summed E-state index contributed by atoms with van der Waals surface area (Å²) < 4.78 is 0. The van der Waals surface area contributed by atoms with Gasteiger partial charge in [0.15, 0.2) is 0 Å². The Kier molecular flexibility index (Phi) is 5.43. The number of hydrogen-bond donors (Lipinski definition) is 0. The highest BCUT2D eigenvalue weighted by Crippen LogP contribution is 2.04. The minimum atomic E-state index is 0.0396. The van der Waals surface area contributed by atoms with Gasteiger partial charge in [-0.2, -0.15) is 0 Å². The monoisotopic (exact) mass is 169 g/mol. The molecule has 70 valence electrons. The van der Waals surface area contributed by atoms with E-state index in [1.165, 1.54) is 6.08 Å². The number of nitrogens with zero attached hydrogens (tertiary/aromatic N) is 1. The van der Waals surface area contributed by atoms with Gasteiger partial charge < -0.3 is 4.90 Å². The zero-order valence-electron chi connectivity index (χ0n) is 8.34. The van der Waals surface area contributed by atoms with E-state index in [9.17, 15) is 4.79 Å². The van der Waals surface area contributed by atoms with Gasteiger partial charge in [-0.1, -0.05) is 26.8 Å². The SMILES string of the molecule is C=CC(=O)N(CC)CC(C)CC. The maximum Gasteiger partial charge on any atom is 0.245 e. The van der Waals surface area contributed by atoms with Gasteiger partial charge in [0.05, 0.1) is 0 Å². The number of amides is 1. The lowest BCUT2D eigenvalue weighted by Crippen LogP contribution is -2.33. The second-order valence-corrected chi connectivity index (χ2v) is 3.09. The van der Waals surface area contributed by atoms with Gasteiger partial charge in [-0.25, -0.2) is 0 Å². The summed E-state index contributed by atoms with van der Waals surface area (Å²) in [4.78, 5) is 13.0. The van der Waals surface area contributed by atoms with Crippen molar-refractivity contribution in [3.63, 3.8) is 0 Å². The van der Waals surface area contributed by atoms with Crippen LogP contribution < -0.4 is 0 Å². The molecule has 0 bridgehead atoms. The van der Waals surface area contributed by atoms with Crippen LogP contribution in [-0.4, -0.2) is 23.9 Å². The van der Waals surface area contributed by atoms with Crippen LogP contribution in [0.15, 0.2) is 12.7 Å². The smallest absolute Gasteiger partial charge is 0.245 e. The van der Waals surface area contributed by atoms with E-state index in [0.717, 1.165) is 19.5 Å². The van der Waals surface area contributed by atoms with Crippen LogP contribution in [0.3, 0.4) is 0 Å². The van der Waals surface area contributed by atoms with E-state index in [2.05, 4.69) is 20.4 Å². The first-order valence-electron chi connectivity index (χ1n) is 4.57. The quantitative estimate of drug-likeness (QED) is 0.577. The lowest BCUT2D eigenvalue weighted by molar-refractivity contribution is -0.126. The fourth-order valence-corrected chi connectivity index (χ4v) is 1.01. The summed E-state index contributed by atoms with van der Waals surface area (Å²) in [5, 5.41) is 0. The second kappa shape index (κ2) is 5.81. The van der Waals surface area contributed by atoms with E-state index in [1.807, 2.05) is 11.8 Å². The Morgan fingerprint density at radius 3 is 2.50 bits per heavy atom. The molecule has 0 spiro atoms. The molecular weight excluding hydrogens is 150 g/mol. The Morgan fingerprint density at radius 1 is 1.58 bits per heavy atom. The summed E-state index contributed by atoms with van der Waals surface area (Å²) in [7, 11) is 0. The van der Waals surface area contributed by atoms with E-state index < -0.39 is 0 Å². The fourth-order valence-electron chi connectivity index (χ4n) is 1.01. The highest BCUT2D eigenvalue weighted by atomic mass is 16.2. The van der Waals surface area contributed by atoms with Crippen LogP contribution in [0.1, 0.15) is 27.2 Å². The van der Waals surface area contributed by atoms with Crippen molar-refractivity contribution in [2.24, 2.45) is 5.92 Å². The first-order valence-corrected chi connectivity index (χ1v) is 4.57. The van der Waals surface area contributed by atoms with E-state index in [-0.39, 0.29) is 5.91 Å². The van der Waals surface area contributed by atoms with Crippen LogP contribution in [-0.2, 0) is 4.79 Å². The van der Waals surface area contributed by atoms with Gasteiger partial charge >= 0.3 is 0 Å². The molecule has 0 rings (SSSR count). The Hall–Kier alpha value is -0.790. The number of likely N-dealkylation sites (N-methyl/N-ethyl adjacent to an activating group) is 1. The molecule has 1 atom stereocenters. The third-order valence-electron chi connectivity index (χ3n) is 2.10. The van der Waals surface area contributed by atoms with Crippen LogP contribution in [0.5, 0.6) is 0 Å². The summed E-state index contributed by atoms with van der Waals surface area (Å²) in [5.41, 5.74) is 0. The van der Waals surface area contributed by atoms with Crippen LogP contribution in [0.25, 0.3) is 0 Å². The Balaban J connectivity index is 3.98. The molecule has 2 nitrogen and oxygen atoms in total. The molecular formula is C10H19NO. The minimum absolute atomic E-state index is 0.0396. The zero-order valence-corrected chi connectivity index (χ0v) is 8.34. The fraction of sp³-hybridized carbons (Fsp3) is 0.700. The summed E-state index contributed by atoms with van der Waals surface area (Å²) in [6.07, 6.45) is 2.49. The average molecular weight is 169 g/mol. The maximum atomic E-state index is 11.2. The first kappa shape index (κ1) is 11.2. The lowest BCUT2D eigenvalue weighted by atomic mass is 10.1. The summed E-state index contributed by atoms with van der Waals surface area (Å²) in [5.74, 6) is 0.617. The molecule has 0 aliphatic heterocycles. The number of carbonyl (C=O) groups is 1. The van der Waals surface area contributed by atoms with E-state index >= 15 is 0 Å². The van der Waals surface area contributed by atoms with Crippen molar-refractivity contribution in [3.8, 4) is 0 Å². The minimum Gasteiger partial charge on any atom is -0.339 e. The Morgan fingerprint density at radius 2 is 2.17 bits per heavy atom. The van der Waals surface area contributed by atoms with E-state index in [4.69, 9.17) is 0 Å². The normalized spacial score (nSPS) is 12.2. The van der Waals surface area contributed by atoms with Crippen molar-refractivity contribution < 1.29 is 4.79 Å². The third kappa shape index (κ3) is 3.56. The highest BCUT2D eigenvalue weighted by Gasteiger charge is 2.10. The largest absolute Gasteiger partial charge is 0.339 e. The third-order valence-corrected chi connectivity index (χ3v) is 2.10. The van der Waals surface area contributed by atoms with Gasteiger partial charge in [-0.05, 0) is 18.9 Å². The lowest BCUT2D eigenvalue weighted by Gasteiger charge is -2.22. The van der Waals surface area contributed by atoms with Crippen LogP contribution in [0, 0.1) is 5.92 Å². The van der Waals surface area contributed by atoms with Gasteiger partial charge in [0.1, 0.15) is 0 Å². The molecule has 0 aromatic heterocycles. The van der Waals surface area contributed by atoms with Gasteiger partial charge in [0.2, 0.25) is 5.91 Å². The van der Waals surface area contributed by atoms with Crippen LogP contribution >= 0.6 is 0 Å². The average Bonchev–Trinajstić information content (AvgIpc) is 2.12. The summed E-state index contributed by atoms with van der Waals surface area (Å²) in [6, 6.07) is 0. The molecule has 2 heteroatoms. The van der Waals surface area contributed by atoms with E-state index in [0.29, 0.717) is 5.92 Å². The van der Waals surface area contributed by atoms with Crippen molar-refractivity contribution in [3.05, 3.63) is 12.7 Å². The molecule has 0 aliphatic rings. The van der Waals surface area contributed by atoms with Crippen molar-refractivity contribution >= 4 is 5.91 Å². The van der Waals surface area contributed by atoms with Crippen molar-refractivity contribution in [2.45, 2.75) is 27.2 Å². The molecule has 1 amide bonds. The second-order valence-electron chi connectivity index (χ2n) is 3.09. The van der Waals surface area contributed by atoms with E-state index in [1.54, 1.807) is 0 Å². The van der Waals surface area contributed by atoms with Crippen molar-refractivity contribution in [1.29, 1.82) is 0 Å². The molecule has 0 aromatic rings. The molecule has 0 aromatic carbocycles. The van der Waals surface area contributed by atoms with Gasteiger partial charge in [-0.15, -0.1) is 0 Å². The van der Waals surface area contributed by atoms with Gasteiger partial charge in [0.25, 0.3) is 0 Å². The standard InChI is InChI=1S/C10H19NO/c1-5-9(4)8-11(7-3)10(12)6-2/h6,9H,2,5,7-8H2,1,3-4H3. The van der Waals surface area contributed by atoms with Gasteiger partial charge in [0, 0.05) is 13.1 Å². The molecule has 0 heterocycles. The highest BCUT2D eigenvalue weighted by molar-refractivity contribution is 5.86. The molecule has 0 aliphatic carbocycles. The topological polar surface area (TPSA) is 20.3 Å². The van der Waals surface area contributed by atoms with Crippen molar-refractivity contribution in [2.75, 3.05) is 13.1 Å². The number of carbonyl (C=O) groups excluding carboxylic acids is 1. The molecule has 0 N–H and O–H groups in total. The Bertz CT molecular complexity index is 154. The van der Waals surface area contributed by atoms with Gasteiger partial charge in [-0.3, -0.25) is 4.79 Å². The zero-order chi connectivity index (χ0) is 9.56. The summed E-state index contributed by atoms with van der Waals surface area (Å²) in [6.45, 7) is 11.4. The number of hydrogen-bond acceptors (Lipinski definition) is 1. The van der Waals surface area contributed by atoms with Crippen LogP contribution in [0.4, 0.5) is 0 Å². The molecule has 0 saturated carbocycles. The first-order chi connectivity index (χ1) is 5.65. The predicted molar refractivity (Wildman–Crippen MR) is 51.9 cm³/mol.